The summed E-state index contributed by atoms with van der Waals surface area (Å²) in [7, 11) is 0. The van der Waals surface area contributed by atoms with E-state index < -0.39 is 0 Å². The molecule has 0 saturated carbocycles. The van der Waals surface area contributed by atoms with E-state index in [0.717, 1.165) is 0 Å². The lowest BCUT2D eigenvalue weighted by atomic mass is 9.99. The Bertz CT molecular complexity index is 571. The monoisotopic (exact) mass is 238 g/mol. The summed E-state index contributed by atoms with van der Waals surface area (Å²) < 4.78 is 0. The fourth-order valence-electron chi connectivity index (χ4n) is 1.84. The first-order chi connectivity index (χ1) is 8.74. The van der Waals surface area contributed by atoms with Crippen LogP contribution < -0.4 is 0 Å². The van der Waals surface area contributed by atoms with Gasteiger partial charge in [-0.1, -0.05) is 48.5 Å². The Morgan fingerprint density at radius 2 is 1.83 bits per heavy atom. The molecule has 1 N–H and O–H groups in total. The van der Waals surface area contributed by atoms with Gasteiger partial charge in [-0.05, 0) is 18.1 Å². The molecule has 2 nitrogen and oxygen atoms in total. The van der Waals surface area contributed by atoms with E-state index in [1.807, 2.05) is 6.07 Å². The molecule has 2 aromatic rings. The van der Waals surface area contributed by atoms with E-state index in [1.165, 1.54) is 0 Å². The first-order valence-corrected chi connectivity index (χ1v) is 5.75. The second kappa shape index (κ2) is 5.32. The summed E-state index contributed by atoms with van der Waals surface area (Å²) in [6, 6.07) is 14.1. The number of aromatic hydroxyl groups is 1. The molecule has 0 aliphatic carbocycles. The number of phenolic OH excluding ortho intramolecular Hbond substituents is 1. The summed E-state index contributed by atoms with van der Waals surface area (Å²) in [5.74, 6) is -0.120. The van der Waals surface area contributed by atoms with E-state index in [-0.39, 0.29) is 11.5 Å². The van der Waals surface area contributed by atoms with E-state index in [4.69, 9.17) is 0 Å². The number of rotatable bonds is 4. The van der Waals surface area contributed by atoms with Gasteiger partial charge < -0.3 is 5.11 Å². The molecule has 0 spiro atoms. The zero-order valence-corrected chi connectivity index (χ0v) is 9.97. The molecule has 0 fully saturated rings. The number of hydrogen-bond acceptors (Lipinski definition) is 2. The highest BCUT2D eigenvalue weighted by molar-refractivity contribution is 6.10. The van der Waals surface area contributed by atoms with Crippen LogP contribution in [-0.4, -0.2) is 10.9 Å². The molecule has 0 heterocycles. The van der Waals surface area contributed by atoms with Crippen LogP contribution in [0.5, 0.6) is 5.75 Å². The third-order valence-corrected chi connectivity index (χ3v) is 2.76. The summed E-state index contributed by atoms with van der Waals surface area (Å²) in [6.45, 7) is 3.63. The Balaban J connectivity index is 2.43. The van der Waals surface area contributed by atoms with E-state index in [0.29, 0.717) is 23.1 Å². The largest absolute Gasteiger partial charge is 0.507 e. The maximum absolute atomic E-state index is 12.2. The summed E-state index contributed by atoms with van der Waals surface area (Å²) in [5, 5.41) is 10.1. The van der Waals surface area contributed by atoms with Crippen LogP contribution in [0.25, 0.3) is 0 Å². The number of carbonyl (C=O) groups is 1. The van der Waals surface area contributed by atoms with Crippen molar-refractivity contribution < 1.29 is 9.90 Å². The van der Waals surface area contributed by atoms with Gasteiger partial charge in [-0.15, -0.1) is 6.58 Å². The first-order valence-electron chi connectivity index (χ1n) is 5.75. The Morgan fingerprint density at radius 3 is 2.50 bits per heavy atom. The Morgan fingerprint density at radius 1 is 1.11 bits per heavy atom. The van der Waals surface area contributed by atoms with Crippen molar-refractivity contribution in [2.75, 3.05) is 0 Å². The van der Waals surface area contributed by atoms with Crippen molar-refractivity contribution in [3.63, 3.8) is 0 Å². The molecule has 90 valence electrons. The minimum Gasteiger partial charge on any atom is -0.507 e. The van der Waals surface area contributed by atoms with Gasteiger partial charge in [0.2, 0.25) is 0 Å². The minimum absolute atomic E-state index is 0.0475. The fourth-order valence-corrected chi connectivity index (χ4v) is 1.84. The van der Waals surface area contributed by atoms with Crippen molar-refractivity contribution >= 4 is 5.78 Å². The van der Waals surface area contributed by atoms with Gasteiger partial charge in [0, 0.05) is 5.56 Å². The van der Waals surface area contributed by atoms with E-state index in [1.54, 1.807) is 48.5 Å². The van der Waals surface area contributed by atoms with Crippen LogP contribution in [0.15, 0.2) is 61.2 Å². The number of carbonyl (C=O) groups excluding carboxylic acids is 1. The number of hydrogen-bond donors (Lipinski definition) is 1. The second-order valence-electron chi connectivity index (χ2n) is 4.00. The van der Waals surface area contributed by atoms with Crippen LogP contribution in [0, 0.1) is 0 Å². The van der Waals surface area contributed by atoms with Crippen LogP contribution in [-0.2, 0) is 6.42 Å². The quantitative estimate of drug-likeness (QED) is 0.655. The van der Waals surface area contributed by atoms with Crippen molar-refractivity contribution in [2.45, 2.75) is 6.42 Å². The van der Waals surface area contributed by atoms with Gasteiger partial charge >= 0.3 is 0 Å². The average molecular weight is 238 g/mol. The number of phenols is 1. The summed E-state index contributed by atoms with van der Waals surface area (Å²) in [6.07, 6.45) is 2.24. The van der Waals surface area contributed by atoms with Crippen LogP contribution in [0.3, 0.4) is 0 Å². The highest BCUT2D eigenvalue weighted by Gasteiger charge is 2.14. The summed E-state index contributed by atoms with van der Waals surface area (Å²) in [4.78, 5) is 12.2. The lowest BCUT2D eigenvalue weighted by Crippen LogP contribution is -2.02. The lowest BCUT2D eigenvalue weighted by Gasteiger charge is -2.07. The number of para-hydroxylation sites is 1. The minimum atomic E-state index is -0.168. The normalized spacial score (nSPS) is 10.0. The van der Waals surface area contributed by atoms with Gasteiger partial charge in [-0.3, -0.25) is 4.79 Å². The maximum Gasteiger partial charge on any atom is 0.196 e. The van der Waals surface area contributed by atoms with Crippen LogP contribution in [0.2, 0.25) is 0 Å². The van der Waals surface area contributed by atoms with Crippen LogP contribution >= 0.6 is 0 Å². The van der Waals surface area contributed by atoms with Gasteiger partial charge in [0.05, 0.1) is 5.56 Å². The highest BCUT2D eigenvalue weighted by Crippen LogP contribution is 2.25. The molecule has 0 aromatic heterocycles. The van der Waals surface area contributed by atoms with Crippen molar-refractivity contribution in [1.82, 2.24) is 0 Å². The van der Waals surface area contributed by atoms with Crippen LogP contribution in [0.4, 0.5) is 0 Å². The van der Waals surface area contributed by atoms with Gasteiger partial charge in [0.15, 0.2) is 5.78 Å². The maximum atomic E-state index is 12.2. The molecule has 2 aromatic carbocycles. The van der Waals surface area contributed by atoms with Crippen LogP contribution in [0.1, 0.15) is 21.5 Å². The second-order valence-corrected chi connectivity index (χ2v) is 4.00. The van der Waals surface area contributed by atoms with Gasteiger partial charge in [0.1, 0.15) is 5.75 Å². The Hall–Kier alpha value is -2.35. The predicted octanol–water partition coefficient (Wildman–Crippen LogP) is 3.35. The molecule has 0 radical (unpaired) electrons. The Kier molecular flexibility index (Phi) is 3.58. The molecular weight excluding hydrogens is 224 g/mol. The molecule has 2 heteroatoms. The molecule has 2 rings (SSSR count). The van der Waals surface area contributed by atoms with E-state index in [2.05, 4.69) is 6.58 Å². The summed E-state index contributed by atoms with van der Waals surface area (Å²) in [5.41, 5.74) is 1.62. The zero-order valence-electron chi connectivity index (χ0n) is 9.97. The highest BCUT2D eigenvalue weighted by atomic mass is 16.3. The van der Waals surface area contributed by atoms with Crippen molar-refractivity contribution in [3.05, 3.63) is 77.9 Å². The molecule has 0 unspecified atom stereocenters. The van der Waals surface area contributed by atoms with Crippen molar-refractivity contribution in [3.8, 4) is 5.75 Å². The molecule has 0 aliphatic rings. The first kappa shape index (κ1) is 12.1. The Labute approximate surface area is 106 Å². The third-order valence-electron chi connectivity index (χ3n) is 2.76. The molecular formula is C16H14O2. The smallest absolute Gasteiger partial charge is 0.196 e. The third kappa shape index (κ3) is 2.33. The molecule has 0 amide bonds. The topological polar surface area (TPSA) is 37.3 Å². The standard InChI is InChI=1S/C16H14O2/c1-2-7-12-10-6-11-14(15(12)17)16(18)13-8-4-3-5-9-13/h2-6,8-11,17H,1,7H2. The summed E-state index contributed by atoms with van der Waals surface area (Å²) >= 11 is 0. The fraction of sp³-hybridized carbons (Fsp3) is 0.0625. The molecule has 0 bridgehead atoms. The van der Waals surface area contributed by atoms with Gasteiger partial charge in [-0.2, -0.15) is 0 Å². The SMILES string of the molecule is C=CCc1cccc(C(=O)c2ccccc2)c1O. The number of allylic oxidation sites excluding steroid dienone is 1. The van der Waals surface area contributed by atoms with Crippen molar-refractivity contribution in [1.29, 1.82) is 0 Å². The predicted molar refractivity (Wildman–Crippen MR) is 71.9 cm³/mol. The number of benzene rings is 2. The van der Waals surface area contributed by atoms with E-state index >= 15 is 0 Å². The average Bonchev–Trinajstić information content (AvgIpc) is 2.42. The molecule has 0 saturated heterocycles. The zero-order chi connectivity index (χ0) is 13.0. The number of ketones is 1. The lowest BCUT2D eigenvalue weighted by molar-refractivity contribution is 0.103. The molecule has 18 heavy (non-hydrogen) atoms. The van der Waals surface area contributed by atoms with E-state index in [9.17, 15) is 9.90 Å². The van der Waals surface area contributed by atoms with Crippen molar-refractivity contribution in [2.24, 2.45) is 0 Å². The molecule has 0 atom stereocenters. The molecule has 0 aliphatic heterocycles. The van der Waals surface area contributed by atoms with Gasteiger partial charge in [0.25, 0.3) is 0 Å². The van der Waals surface area contributed by atoms with Gasteiger partial charge in [-0.25, -0.2) is 0 Å².